The molecular formula is C15H24ClN3. The number of hydrogen-bond donors (Lipinski definition) is 1. The molecule has 3 nitrogen and oxygen atoms in total. The van der Waals surface area contributed by atoms with Gasteiger partial charge >= 0.3 is 0 Å². The third kappa shape index (κ3) is 3.61. The molecule has 1 saturated carbocycles. The topological polar surface area (TPSA) is 28.2 Å². The van der Waals surface area contributed by atoms with E-state index in [4.69, 9.17) is 16.6 Å². The van der Waals surface area contributed by atoms with Gasteiger partial charge in [0.05, 0.1) is 10.7 Å². The fraction of sp³-hybridized carbons (Fsp3) is 0.667. The molecule has 0 spiro atoms. The molecule has 0 radical (unpaired) electrons. The van der Waals surface area contributed by atoms with Gasteiger partial charge in [-0.3, -0.25) is 0 Å². The van der Waals surface area contributed by atoms with Crippen LogP contribution in [0, 0.1) is 0 Å². The van der Waals surface area contributed by atoms with Crippen molar-refractivity contribution < 1.29 is 0 Å². The highest BCUT2D eigenvalue weighted by Gasteiger charge is 2.21. The zero-order chi connectivity index (χ0) is 13.7. The summed E-state index contributed by atoms with van der Waals surface area (Å²) in [5.41, 5.74) is 0.941. The second-order valence-electron chi connectivity index (χ2n) is 5.21. The SMILES string of the molecule is CCN(c1ccc(Cl)c(CNC)n1)C1CCCCC1. The molecule has 1 aliphatic rings. The average Bonchev–Trinajstić information content (AvgIpc) is 2.44. The average molecular weight is 282 g/mol. The third-order valence-corrected chi connectivity index (χ3v) is 4.24. The van der Waals surface area contributed by atoms with Crippen LogP contribution in [0.2, 0.25) is 5.02 Å². The lowest BCUT2D eigenvalue weighted by atomic mass is 9.94. The lowest BCUT2D eigenvalue weighted by Gasteiger charge is -2.34. The summed E-state index contributed by atoms with van der Waals surface area (Å²) in [6.45, 7) is 3.94. The van der Waals surface area contributed by atoms with Gasteiger partial charge < -0.3 is 10.2 Å². The Kier molecular flexibility index (Phi) is 5.46. The molecule has 19 heavy (non-hydrogen) atoms. The van der Waals surface area contributed by atoms with Gasteiger partial charge in [0.15, 0.2) is 0 Å². The van der Waals surface area contributed by atoms with E-state index < -0.39 is 0 Å². The lowest BCUT2D eigenvalue weighted by Crippen LogP contribution is -2.37. The highest BCUT2D eigenvalue weighted by atomic mass is 35.5. The van der Waals surface area contributed by atoms with Crippen LogP contribution in [-0.4, -0.2) is 24.6 Å². The lowest BCUT2D eigenvalue weighted by molar-refractivity contribution is 0.416. The minimum absolute atomic E-state index is 0.648. The van der Waals surface area contributed by atoms with Crippen molar-refractivity contribution in [2.24, 2.45) is 0 Å². The van der Waals surface area contributed by atoms with Crippen LogP contribution in [0.3, 0.4) is 0 Å². The second-order valence-corrected chi connectivity index (χ2v) is 5.61. The van der Waals surface area contributed by atoms with Gasteiger partial charge in [0.2, 0.25) is 0 Å². The Labute approximate surface area is 121 Å². The molecule has 2 rings (SSSR count). The maximum absolute atomic E-state index is 6.19. The van der Waals surface area contributed by atoms with Crippen molar-refractivity contribution in [2.45, 2.75) is 51.6 Å². The Morgan fingerprint density at radius 3 is 2.68 bits per heavy atom. The third-order valence-electron chi connectivity index (χ3n) is 3.90. The summed E-state index contributed by atoms with van der Waals surface area (Å²) < 4.78 is 0. The van der Waals surface area contributed by atoms with Gasteiger partial charge in [0.1, 0.15) is 5.82 Å². The van der Waals surface area contributed by atoms with Gasteiger partial charge in [0, 0.05) is 19.1 Å². The monoisotopic (exact) mass is 281 g/mol. The summed E-state index contributed by atoms with van der Waals surface area (Å²) >= 11 is 6.19. The van der Waals surface area contributed by atoms with Crippen molar-refractivity contribution in [3.8, 4) is 0 Å². The molecule has 0 aliphatic heterocycles. The molecule has 1 heterocycles. The standard InChI is InChI=1S/C15H24ClN3/c1-3-19(12-7-5-4-6-8-12)15-10-9-13(16)14(18-15)11-17-2/h9-10,12,17H,3-8,11H2,1-2H3. The van der Waals surface area contributed by atoms with Crippen molar-refractivity contribution >= 4 is 17.4 Å². The molecule has 0 saturated heterocycles. The molecular weight excluding hydrogens is 258 g/mol. The first-order valence-corrected chi connectivity index (χ1v) is 7.70. The molecule has 1 N–H and O–H groups in total. The Balaban J connectivity index is 2.19. The zero-order valence-corrected chi connectivity index (χ0v) is 12.7. The molecule has 1 aromatic rings. The van der Waals surface area contributed by atoms with E-state index in [2.05, 4.69) is 23.2 Å². The Bertz CT molecular complexity index is 402. The van der Waals surface area contributed by atoms with Crippen LogP contribution in [0.5, 0.6) is 0 Å². The maximum Gasteiger partial charge on any atom is 0.129 e. The number of nitrogens with one attached hydrogen (secondary N) is 1. The summed E-state index contributed by atoms with van der Waals surface area (Å²) in [6.07, 6.45) is 6.66. The summed E-state index contributed by atoms with van der Waals surface area (Å²) in [4.78, 5) is 7.18. The van der Waals surface area contributed by atoms with E-state index in [1.54, 1.807) is 0 Å². The van der Waals surface area contributed by atoms with Crippen molar-refractivity contribution in [1.29, 1.82) is 0 Å². The predicted octanol–water partition coefficient (Wildman–Crippen LogP) is 3.61. The van der Waals surface area contributed by atoms with Crippen LogP contribution in [-0.2, 0) is 6.54 Å². The van der Waals surface area contributed by atoms with Gasteiger partial charge in [-0.15, -0.1) is 0 Å². The molecule has 0 atom stereocenters. The molecule has 1 aromatic heterocycles. The summed E-state index contributed by atoms with van der Waals surface area (Å²) in [7, 11) is 1.92. The van der Waals surface area contributed by atoms with Gasteiger partial charge in [-0.25, -0.2) is 4.98 Å². The van der Waals surface area contributed by atoms with Gasteiger partial charge in [0.25, 0.3) is 0 Å². The summed E-state index contributed by atoms with van der Waals surface area (Å²) in [5, 5.41) is 3.87. The number of nitrogens with zero attached hydrogens (tertiary/aromatic N) is 2. The van der Waals surface area contributed by atoms with Crippen LogP contribution in [0.1, 0.15) is 44.7 Å². The van der Waals surface area contributed by atoms with Gasteiger partial charge in [-0.2, -0.15) is 0 Å². The highest BCUT2D eigenvalue weighted by molar-refractivity contribution is 6.31. The molecule has 4 heteroatoms. The molecule has 0 aromatic carbocycles. The van der Waals surface area contributed by atoms with Crippen LogP contribution >= 0.6 is 11.6 Å². The van der Waals surface area contributed by atoms with E-state index in [9.17, 15) is 0 Å². The number of pyridine rings is 1. The van der Waals surface area contributed by atoms with E-state index in [0.29, 0.717) is 6.04 Å². The van der Waals surface area contributed by atoms with Crippen molar-refractivity contribution in [3.63, 3.8) is 0 Å². The first-order valence-electron chi connectivity index (χ1n) is 7.33. The summed E-state index contributed by atoms with van der Waals surface area (Å²) in [5.74, 6) is 1.07. The molecule has 1 fully saturated rings. The second kappa shape index (κ2) is 7.11. The number of hydrogen-bond acceptors (Lipinski definition) is 3. The smallest absolute Gasteiger partial charge is 0.129 e. The fourth-order valence-corrected chi connectivity index (χ4v) is 3.10. The largest absolute Gasteiger partial charge is 0.354 e. The Hall–Kier alpha value is -0.800. The van der Waals surface area contributed by atoms with Crippen LogP contribution in [0.25, 0.3) is 0 Å². The number of aromatic nitrogens is 1. The first kappa shape index (κ1) is 14.6. The van der Waals surface area contributed by atoms with Crippen molar-refractivity contribution in [2.75, 3.05) is 18.5 Å². The van der Waals surface area contributed by atoms with E-state index >= 15 is 0 Å². The van der Waals surface area contributed by atoms with E-state index in [-0.39, 0.29) is 0 Å². The minimum Gasteiger partial charge on any atom is -0.354 e. The Morgan fingerprint density at radius 1 is 1.32 bits per heavy atom. The van der Waals surface area contributed by atoms with Crippen LogP contribution in [0.15, 0.2) is 12.1 Å². The molecule has 0 unspecified atom stereocenters. The minimum atomic E-state index is 0.648. The van der Waals surface area contributed by atoms with Crippen molar-refractivity contribution in [1.82, 2.24) is 10.3 Å². The van der Waals surface area contributed by atoms with Crippen LogP contribution < -0.4 is 10.2 Å². The van der Waals surface area contributed by atoms with E-state index in [0.717, 1.165) is 29.6 Å². The van der Waals surface area contributed by atoms with Crippen LogP contribution in [0.4, 0.5) is 5.82 Å². The number of rotatable bonds is 5. The van der Waals surface area contributed by atoms with E-state index in [1.807, 2.05) is 13.1 Å². The number of halogens is 1. The maximum atomic E-state index is 6.19. The Morgan fingerprint density at radius 2 is 2.05 bits per heavy atom. The normalized spacial score (nSPS) is 16.6. The number of anilines is 1. The summed E-state index contributed by atoms with van der Waals surface area (Å²) in [6, 6.07) is 4.68. The van der Waals surface area contributed by atoms with Gasteiger partial charge in [-0.05, 0) is 38.9 Å². The zero-order valence-electron chi connectivity index (χ0n) is 12.0. The quantitative estimate of drug-likeness (QED) is 0.894. The van der Waals surface area contributed by atoms with E-state index in [1.165, 1.54) is 32.1 Å². The van der Waals surface area contributed by atoms with Crippen molar-refractivity contribution in [3.05, 3.63) is 22.8 Å². The molecule has 1 aliphatic carbocycles. The predicted molar refractivity (Wildman–Crippen MR) is 81.9 cm³/mol. The molecule has 0 amide bonds. The fourth-order valence-electron chi connectivity index (χ4n) is 2.92. The highest BCUT2D eigenvalue weighted by Crippen LogP contribution is 2.27. The molecule has 106 valence electrons. The van der Waals surface area contributed by atoms with Gasteiger partial charge in [-0.1, -0.05) is 30.9 Å². The first-order chi connectivity index (χ1) is 9.26. The molecule has 0 bridgehead atoms.